The highest BCUT2D eigenvalue weighted by atomic mass is 35.5. The molecule has 2 aliphatic rings. The SMILES string of the molecule is Clc1ccc2c(c1)[C@@H]1CNCC[C@@H]1N2. The predicted octanol–water partition coefficient (Wildman–Crippen LogP) is 2.21. The van der Waals surface area contributed by atoms with E-state index in [-0.39, 0.29) is 0 Å². The third kappa shape index (κ3) is 1.22. The number of hydrogen-bond donors (Lipinski definition) is 2. The van der Waals surface area contributed by atoms with Crippen molar-refractivity contribution in [3.05, 3.63) is 28.8 Å². The minimum atomic E-state index is 0.609. The van der Waals surface area contributed by atoms with Crippen LogP contribution >= 0.6 is 11.6 Å². The molecule has 3 heteroatoms. The summed E-state index contributed by atoms with van der Waals surface area (Å²) in [6.07, 6.45) is 1.21. The van der Waals surface area contributed by atoms with Gasteiger partial charge in [-0.15, -0.1) is 0 Å². The van der Waals surface area contributed by atoms with Gasteiger partial charge in [0.2, 0.25) is 0 Å². The molecule has 14 heavy (non-hydrogen) atoms. The lowest BCUT2D eigenvalue weighted by Crippen LogP contribution is -2.38. The van der Waals surface area contributed by atoms with Gasteiger partial charge in [-0.1, -0.05) is 11.6 Å². The van der Waals surface area contributed by atoms with Crippen LogP contribution in [0, 0.1) is 0 Å². The zero-order valence-electron chi connectivity index (χ0n) is 7.89. The number of halogens is 1. The standard InChI is InChI=1S/C11H13ClN2/c12-7-1-2-10-8(5-7)9-6-13-4-3-11(9)14-10/h1-2,5,9,11,13-14H,3-4,6H2/t9-,11-/m0/s1. The van der Waals surface area contributed by atoms with Crippen LogP contribution in [0.4, 0.5) is 5.69 Å². The first kappa shape index (κ1) is 8.57. The largest absolute Gasteiger partial charge is 0.381 e. The van der Waals surface area contributed by atoms with Crippen molar-refractivity contribution in [3.63, 3.8) is 0 Å². The van der Waals surface area contributed by atoms with Crippen LogP contribution in [-0.2, 0) is 0 Å². The van der Waals surface area contributed by atoms with Gasteiger partial charge in [0, 0.05) is 29.2 Å². The molecule has 0 bridgehead atoms. The van der Waals surface area contributed by atoms with Gasteiger partial charge >= 0.3 is 0 Å². The van der Waals surface area contributed by atoms with Crippen molar-refractivity contribution in [3.8, 4) is 0 Å². The Balaban J connectivity index is 2.02. The second-order valence-electron chi connectivity index (χ2n) is 4.08. The normalized spacial score (nSPS) is 29.2. The fourth-order valence-electron chi connectivity index (χ4n) is 2.53. The van der Waals surface area contributed by atoms with Crippen molar-refractivity contribution >= 4 is 17.3 Å². The molecule has 2 aliphatic heterocycles. The number of piperidine rings is 1. The van der Waals surface area contributed by atoms with Gasteiger partial charge in [-0.3, -0.25) is 0 Å². The molecule has 0 radical (unpaired) electrons. The molecule has 0 amide bonds. The predicted molar refractivity (Wildman–Crippen MR) is 59.1 cm³/mol. The molecule has 74 valence electrons. The summed E-state index contributed by atoms with van der Waals surface area (Å²) >= 11 is 6.01. The molecule has 3 rings (SSSR count). The monoisotopic (exact) mass is 208 g/mol. The van der Waals surface area contributed by atoms with Gasteiger partial charge in [-0.05, 0) is 36.7 Å². The molecule has 0 spiro atoms. The molecule has 2 heterocycles. The van der Waals surface area contributed by atoms with Gasteiger partial charge in [-0.2, -0.15) is 0 Å². The summed E-state index contributed by atoms with van der Waals surface area (Å²) in [5.41, 5.74) is 2.66. The lowest BCUT2D eigenvalue weighted by atomic mass is 9.91. The highest BCUT2D eigenvalue weighted by molar-refractivity contribution is 6.30. The summed E-state index contributed by atoms with van der Waals surface area (Å²) in [6.45, 7) is 2.20. The minimum absolute atomic E-state index is 0.609. The number of nitrogens with one attached hydrogen (secondary N) is 2. The fourth-order valence-corrected chi connectivity index (χ4v) is 2.71. The smallest absolute Gasteiger partial charge is 0.0410 e. The number of fused-ring (bicyclic) bond motifs is 3. The van der Waals surface area contributed by atoms with Crippen LogP contribution in [0.3, 0.4) is 0 Å². The van der Waals surface area contributed by atoms with Gasteiger partial charge in [0.15, 0.2) is 0 Å². The molecule has 0 saturated carbocycles. The van der Waals surface area contributed by atoms with E-state index >= 15 is 0 Å². The van der Waals surface area contributed by atoms with Gasteiger partial charge in [0.1, 0.15) is 0 Å². The molecule has 2 atom stereocenters. The second kappa shape index (κ2) is 3.14. The van der Waals surface area contributed by atoms with Crippen molar-refractivity contribution in [1.29, 1.82) is 0 Å². The highest BCUT2D eigenvalue weighted by Crippen LogP contribution is 2.39. The number of hydrogen-bond acceptors (Lipinski definition) is 2. The Morgan fingerprint density at radius 1 is 1.36 bits per heavy atom. The molecule has 1 saturated heterocycles. The molecular formula is C11H13ClN2. The molecule has 0 aromatic heterocycles. The Kier molecular flexibility index (Phi) is 1.92. The molecule has 2 N–H and O–H groups in total. The molecule has 0 aliphatic carbocycles. The van der Waals surface area contributed by atoms with Crippen LogP contribution in [0.15, 0.2) is 18.2 Å². The first-order chi connectivity index (χ1) is 6.84. The van der Waals surface area contributed by atoms with Crippen molar-refractivity contribution in [2.75, 3.05) is 18.4 Å². The van der Waals surface area contributed by atoms with Gasteiger partial charge in [0.25, 0.3) is 0 Å². The molecule has 1 aromatic carbocycles. The zero-order chi connectivity index (χ0) is 9.54. The summed E-state index contributed by atoms with van der Waals surface area (Å²) in [4.78, 5) is 0. The van der Waals surface area contributed by atoms with Crippen LogP contribution in [-0.4, -0.2) is 19.1 Å². The maximum atomic E-state index is 6.01. The lowest BCUT2D eigenvalue weighted by Gasteiger charge is -2.26. The summed E-state index contributed by atoms with van der Waals surface area (Å²) in [6, 6.07) is 6.76. The second-order valence-corrected chi connectivity index (χ2v) is 4.52. The van der Waals surface area contributed by atoms with Crippen molar-refractivity contribution < 1.29 is 0 Å². The topological polar surface area (TPSA) is 24.1 Å². The first-order valence-corrected chi connectivity index (χ1v) is 5.49. The van der Waals surface area contributed by atoms with Crippen LogP contribution in [0.25, 0.3) is 0 Å². The van der Waals surface area contributed by atoms with Gasteiger partial charge < -0.3 is 10.6 Å². The summed E-state index contributed by atoms with van der Waals surface area (Å²) in [5.74, 6) is 0.609. The first-order valence-electron chi connectivity index (χ1n) is 5.11. The van der Waals surface area contributed by atoms with Crippen LogP contribution in [0.5, 0.6) is 0 Å². The molecule has 1 aromatic rings. The minimum Gasteiger partial charge on any atom is -0.381 e. The fraction of sp³-hybridized carbons (Fsp3) is 0.455. The molecular weight excluding hydrogens is 196 g/mol. The van der Waals surface area contributed by atoms with Crippen LogP contribution in [0.1, 0.15) is 17.9 Å². The third-order valence-electron chi connectivity index (χ3n) is 3.24. The van der Waals surface area contributed by atoms with E-state index in [1.165, 1.54) is 17.7 Å². The lowest BCUT2D eigenvalue weighted by molar-refractivity contribution is 0.440. The summed E-state index contributed by atoms with van der Waals surface area (Å²) in [5, 5.41) is 7.84. The Hall–Kier alpha value is -0.730. The maximum Gasteiger partial charge on any atom is 0.0410 e. The van der Waals surface area contributed by atoms with Gasteiger partial charge in [0.05, 0.1) is 0 Å². The average molecular weight is 209 g/mol. The van der Waals surface area contributed by atoms with Crippen molar-refractivity contribution in [1.82, 2.24) is 5.32 Å². The third-order valence-corrected chi connectivity index (χ3v) is 3.47. The highest BCUT2D eigenvalue weighted by Gasteiger charge is 2.33. The number of anilines is 1. The van der Waals surface area contributed by atoms with Gasteiger partial charge in [-0.25, -0.2) is 0 Å². The maximum absolute atomic E-state index is 6.01. The van der Waals surface area contributed by atoms with E-state index in [9.17, 15) is 0 Å². The molecule has 2 nitrogen and oxygen atoms in total. The average Bonchev–Trinajstić information content (AvgIpc) is 2.56. The number of benzene rings is 1. The van der Waals surface area contributed by atoms with E-state index in [1.54, 1.807) is 0 Å². The van der Waals surface area contributed by atoms with E-state index in [1.807, 2.05) is 6.07 Å². The quantitative estimate of drug-likeness (QED) is 0.683. The zero-order valence-corrected chi connectivity index (χ0v) is 8.64. The van der Waals surface area contributed by atoms with E-state index in [4.69, 9.17) is 11.6 Å². The number of rotatable bonds is 0. The van der Waals surface area contributed by atoms with Crippen LogP contribution < -0.4 is 10.6 Å². The van der Waals surface area contributed by atoms with Crippen molar-refractivity contribution in [2.45, 2.75) is 18.4 Å². The van der Waals surface area contributed by atoms with E-state index in [2.05, 4.69) is 22.8 Å². The van der Waals surface area contributed by atoms with E-state index in [0.717, 1.165) is 18.1 Å². The summed E-state index contributed by atoms with van der Waals surface area (Å²) in [7, 11) is 0. The van der Waals surface area contributed by atoms with Crippen molar-refractivity contribution in [2.24, 2.45) is 0 Å². The van der Waals surface area contributed by atoms with E-state index in [0.29, 0.717) is 12.0 Å². The molecule has 0 unspecified atom stereocenters. The Bertz CT molecular complexity index is 364. The Morgan fingerprint density at radius 2 is 2.29 bits per heavy atom. The summed E-state index contributed by atoms with van der Waals surface area (Å²) < 4.78 is 0. The van der Waals surface area contributed by atoms with E-state index < -0.39 is 0 Å². The Labute approximate surface area is 88.6 Å². The van der Waals surface area contributed by atoms with Crippen LogP contribution in [0.2, 0.25) is 5.02 Å². The molecule has 1 fully saturated rings. The Morgan fingerprint density at radius 3 is 3.21 bits per heavy atom.